The molecular weight excluding hydrogens is 368 g/mol. The summed E-state index contributed by atoms with van der Waals surface area (Å²) in [5.74, 6) is 4.63. The Bertz CT molecular complexity index is 901. The average Bonchev–Trinajstić information content (AvgIpc) is 2.65. The summed E-state index contributed by atoms with van der Waals surface area (Å²) < 4.78 is 5.33. The molecule has 29 heavy (non-hydrogen) atoms. The van der Waals surface area contributed by atoms with Gasteiger partial charge in [0.1, 0.15) is 11.9 Å². The van der Waals surface area contributed by atoms with Crippen molar-refractivity contribution in [3.8, 4) is 0 Å². The standard InChI is InChI=1S/C22H28N4O3/c1-15-12-16(9-11-20(27)29-22(2,3)4)8-10-19(15)26-21(28)17-6-5-7-18(13-17)24-14-25-23/h5-8,10,12-14H,9,11,23H2,1-4H3,(H,24,25)(H,26,28). The summed E-state index contributed by atoms with van der Waals surface area (Å²) in [4.78, 5) is 24.4. The van der Waals surface area contributed by atoms with Gasteiger partial charge in [-0.25, -0.2) is 0 Å². The number of rotatable bonds is 7. The third kappa shape index (κ3) is 7.29. The van der Waals surface area contributed by atoms with Crippen molar-refractivity contribution in [2.75, 3.05) is 10.6 Å². The van der Waals surface area contributed by atoms with Gasteiger partial charge in [-0.3, -0.25) is 9.59 Å². The minimum Gasteiger partial charge on any atom is -0.460 e. The Morgan fingerprint density at radius 1 is 1.17 bits per heavy atom. The highest BCUT2D eigenvalue weighted by molar-refractivity contribution is 6.05. The van der Waals surface area contributed by atoms with Gasteiger partial charge in [0.05, 0.1) is 0 Å². The number of hydrazone groups is 1. The Kier molecular flexibility index (Phi) is 7.36. The van der Waals surface area contributed by atoms with Crippen LogP contribution in [0.25, 0.3) is 0 Å². The first-order valence-electron chi connectivity index (χ1n) is 9.39. The zero-order chi connectivity index (χ0) is 21.4. The lowest BCUT2D eigenvalue weighted by atomic mass is 10.0. The maximum absolute atomic E-state index is 12.6. The molecule has 0 heterocycles. The molecule has 0 saturated heterocycles. The van der Waals surface area contributed by atoms with Crippen LogP contribution < -0.4 is 16.5 Å². The van der Waals surface area contributed by atoms with Crippen LogP contribution in [0.3, 0.4) is 0 Å². The fourth-order valence-corrected chi connectivity index (χ4v) is 2.72. The van der Waals surface area contributed by atoms with Crippen LogP contribution in [0.2, 0.25) is 0 Å². The van der Waals surface area contributed by atoms with Gasteiger partial charge < -0.3 is 21.2 Å². The summed E-state index contributed by atoms with van der Waals surface area (Å²) >= 11 is 0. The molecule has 154 valence electrons. The number of nitrogens with two attached hydrogens (primary N) is 1. The molecule has 0 aliphatic heterocycles. The van der Waals surface area contributed by atoms with E-state index in [0.29, 0.717) is 24.1 Å². The number of carbonyl (C=O) groups excluding carboxylic acids is 2. The van der Waals surface area contributed by atoms with Gasteiger partial charge in [0.25, 0.3) is 5.91 Å². The van der Waals surface area contributed by atoms with E-state index in [1.165, 1.54) is 6.34 Å². The minimum absolute atomic E-state index is 0.219. The van der Waals surface area contributed by atoms with Gasteiger partial charge in [-0.2, -0.15) is 5.10 Å². The maximum Gasteiger partial charge on any atom is 0.306 e. The number of anilines is 2. The van der Waals surface area contributed by atoms with Crippen LogP contribution in [0, 0.1) is 6.92 Å². The van der Waals surface area contributed by atoms with E-state index >= 15 is 0 Å². The Labute approximate surface area is 171 Å². The smallest absolute Gasteiger partial charge is 0.306 e. The lowest BCUT2D eigenvalue weighted by Crippen LogP contribution is -2.24. The molecule has 7 nitrogen and oxygen atoms in total. The van der Waals surface area contributed by atoms with Gasteiger partial charge in [0, 0.05) is 23.4 Å². The highest BCUT2D eigenvalue weighted by atomic mass is 16.6. The molecule has 0 unspecified atom stereocenters. The molecule has 0 aromatic heterocycles. The molecule has 2 rings (SSSR count). The van der Waals surface area contributed by atoms with Crippen molar-refractivity contribution in [3.63, 3.8) is 0 Å². The Hall–Kier alpha value is -3.35. The quantitative estimate of drug-likeness (QED) is 0.217. The molecule has 7 heteroatoms. The molecule has 2 aromatic carbocycles. The van der Waals surface area contributed by atoms with E-state index in [-0.39, 0.29) is 11.9 Å². The molecule has 0 spiro atoms. The largest absolute Gasteiger partial charge is 0.460 e. The molecule has 4 N–H and O–H groups in total. The van der Waals surface area contributed by atoms with Crippen LogP contribution in [0.5, 0.6) is 0 Å². The van der Waals surface area contributed by atoms with Gasteiger partial charge in [0.2, 0.25) is 0 Å². The van der Waals surface area contributed by atoms with E-state index in [1.54, 1.807) is 18.2 Å². The van der Waals surface area contributed by atoms with Crippen LogP contribution in [-0.4, -0.2) is 23.8 Å². The van der Waals surface area contributed by atoms with Crippen molar-refractivity contribution in [2.24, 2.45) is 10.9 Å². The highest BCUT2D eigenvalue weighted by Gasteiger charge is 2.16. The fourth-order valence-electron chi connectivity index (χ4n) is 2.72. The summed E-state index contributed by atoms with van der Waals surface area (Å²) in [5.41, 5.74) is 3.39. The second kappa shape index (κ2) is 9.73. The maximum atomic E-state index is 12.6. The molecule has 1 amide bonds. The molecule has 0 radical (unpaired) electrons. The van der Waals surface area contributed by atoms with Gasteiger partial charge >= 0.3 is 5.97 Å². The number of ether oxygens (including phenoxy) is 1. The van der Waals surface area contributed by atoms with Gasteiger partial charge in [-0.15, -0.1) is 0 Å². The predicted molar refractivity (Wildman–Crippen MR) is 116 cm³/mol. The van der Waals surface area contributed by atoms with Crippen LogP contribution in [0.4, 0.5) is 11.4 Å². The van der Waals surface area contributed by atoms with Crippen molar-refractivity contribution in [3.05, 3.63) is 59.2 Å². The van der Waals surface area contributed by atoms with Crippen LogP contribution in [0.15, 0.2) is 47.6 Å². The second-order valence-corrected chi connectivity index (χ2v) is 7.69. The highest BCUT2D eigenvalue weighted by Crippen LogP contribution is 2.20. The summed E-state index contributed by atoms with van der Waals surface area (Å²) in [7, 11) is 0. The minimum atomic E-state index is -0.481. The number of hydrogen-bond donors (Lipinski definition) is 3. The van der Waals surface area contributed by atoms with E-state index < -0.39 is 5.60 Å². The molecule has 0 bridgehead atoms. The van der Waals surface area contributed by atoms with E-state index in [1.807, 2.05) is 52.0 Å². The predicted octanol–water partition coefficient (Wildman–Crippen LogP) is 3.84. The number of nitrogens with zero attached hydrogens (tertiary/aromatic N) is 1. The SMILES string of the molecule is Cc1cc(CCC(=O)OC(C)(C)C)ccc1NC(=O)c1cccc(NC=NN)c1. The van der Waals surface area contributed by atoms with Gasteiger partial charge in [-0.1, -0.05) is 18.2 Å². The lowest BCUT2D eigenvalue weighted by Gasteiger charge is -2.19. The van der Waals surface area contributed by atoms with Crippen molar-refractivity contribution in [1.29, 1.82) is 0 Å². The normalized spacial score (nSPS) is 11.3. The second-order valence-electron chi connectivity index (χ2n) is 7.69. The number of aryl methyl sites for hydroxylation is 2. The van der Waals surface area contributed by atoms with Gasteiger partial charge in [-0.05, 0) is 69.5 Å². The summed E-state index contributed by atoms with van der Waals surface area (Å²) in [6, 6.07) is 12.7. The zero-order valence-electron chi connectivity index (χ0n) is 17.3. The molecule has 2 aromatic rings. The monoisotopic (exact) mass is 396 g/mol. The zero-order valence-corrected chi connectivity index (χ0v) is 17.3. The van der Waals surface area contributed by atoms with Gasteiger partial charge in [0.15, 0.2) is 0 Å². The molecular formula is C22H28N4O3. The number of carbonyl (C=O) groups is 2. The Morgan fingerprint density at radius 3 is 2.59 bits per heavy atom. The van der Waals surface area contributed by atoms with E-state index in [9.17, 15) is 9.59 Å². The van der Waals surface area contributed by atoms with Crippen LogP contribution in [-0.2, 0) is 16.0 Å². The first-order valence-corrected chi connectivity index (χ1v) is 9.39. The molecule has 0 saturated carbocycles. The number of esters is 1. The Balaban J connectivity index is 2.00. The van der Waals surface area contributed by atoms with Crippen LogP contribution >= 0.6 is 0 Å². The third-order valence-electron chi connectivity index (χ3n) is 4.01. The molecule has 0 aliphatic carbocycles. The molecule has 0 aliphatic rings. The first kappa shape index (κ1) is 21.9. The topological polar surface area (TPSA) is 106 Å². The lowest BCUT2D eigenvalue weighted by molar-refractivity contribution is -0.154. The summed E-state index contributed by atoms with van der Waals surface area (Å²) in [6.07, 6.45) is 2.24. The van der Waals surface area contributed by atoms with Crippen LogP contribution in [0.1, 0.15) is 48.7 Å². The van der Waals surface area contributed by atoms with Crippen molar-refractivity contribution < 1.29 is 14.3 Å². The fraction of sp³-hybridized carbons (Fsp3) is 0.318. The number of amides is 1. The van der Waals surface area contributed by atoms with Crippen molar-refractivity contribution >= 4 is 29.6 Å². The van der Waals surface area contributed by atoms with E-state index in [0.717, 1.165) is 16.8 Å². The molecule has 0 atom stereocenters. The summed E-state index contributed by atoms with van der Waals surface area (Å²) in [5, 5.41) is 9.16. The number of benzene rings is 2. The first-order chi connectivity index (χ1) is 13.7. The summed E-state index contributed by atoms with van der Waals surface area (Å²) in [6.45, 7) is 7.47. The van der Waals surface area contributed by atoms with Crippen molar-refractivity contribution in [1.82, 2.24) is 0 Å². The van der Waals surface area contributed by atoms with Crippen molar-refractivity contribution in [2.45, 2.75) is 46.1 Å². The van der Waals surface area contributed by atoms with E-state index in [4.69, 9.17) is 10.6 Å². The number of hydrogen-bond acceptors (Lipinski definition) is 5. The third-order valence-corrected chi connectivity index (χ3v) is 4.01. The Morgan fingerprint density at radius 2 is 1.93 bits per heavy atom. The van der Waals surface area contributed by atoms with E-state index in [2.05, 4.69) is 15.7 Å². The average molecular weight is 396 g/mol. The molecule has 0 fully saturated rings. The number of nitrogens with one attached hydrogen (secondary N) is 2.